The van der Waals surface area contributed by atoms with Crippen LogP contribution in [-0.4, -0.2) is 50.4 Å². The minimum absolute atomic E-state index is 0.0299. The first-order valence-corrected chi connectivity index (χ1v) is 16.2. The molecule has 1 atom stereocenters. The molecule has 0 aliphatic carbocycles. The number of hydrogen-bond donors (Lipinski definition) is 1. The normalized spacial score (nSPS) is 12.2. The summed E-state index contributed by atoms with van der Waals surface area (Å²) in [6, 6.07) is 31.1. The van der Waals surface area contributed by atoms with Gasteiger partial charge in [0.05, 0.1) is 17.7 Å². The molecule has 0 fully saturated rings. The molecular formula is C36H41N3O5S. The van der Waals surface area contributed by atoms with E-state index < -0.39 is 34.1 Å². The van der Waals surface area contributed by atoms with Gasteiger partial charge in [0.25, 0.3) is 10.0 Å². The highest BCUT2D eigenvalue weighted by Crippen LogP contribution is 2.34. The molecule has 0 saturated carbocycles. The minimum Gasteiger partial charge on any atom is -0.495 e. The average molecular weight is 628 g/mol. The Morgan fingerprint density at radius 1 is 0.822 bits per heavy atom. The Kier molecular flexibility index (Phi) is 10.7. The molecule has 4 aromatic rings. The van der Waals surface area contributed by atoms with Crippen molar-refractivity contribution >= 4 is 27.5 Å². The fourth-order valence-electron chi connectivity index (χ4n) is 5.01. The first-order chi connectivity index (χ1) is 21.4. The number of carbonyl (C=O) groups excluding carboxylic acids is 2. The highest BCUT2D eigenvalue weighted by atomic mass is 32.2. The molecule has 8 nitrogen and oxygen atoms in total. The summed E-state index contributed by atoms with van der Waals surface area (Å²) in [5, 5.41) is 3.04. The van der Waals surface area contributed by atoms with E-state index in [1.54, 1.807) is 30.3 Å². The van der Waals surface area contributed by atoms with Crippen LogP contribution in [0.3, 0.4) is 0 Å². The zero-order valence-electron chi connectivity index (χ0n) is 26.4. The third-order valence-electron chi connectivity index (χ3n) is 7.18. The van der Waals surface area contributed by atoms with Crippen LogP contribution in [-0.2, 0) is 32.6 Å². The SMILES string of the molecule is COc1ccc(C)cc1N(CC(=O)N(Cc1ccccc1)C(Cc1ccccc1)C(=O)NC(C)(C)C)S(=O)(=O)c1ccccc1. The number of methoxy groups -OCH3 is 1. The number of aryl methyl sites for hydroxylation is 1. The average Bonchev–Trinajstić information content (AvgIpc) is 3.02. The van der Waals surface area contributed by atoms with Crippen molar-refractivity contribution < 1.29 is 22.7 Å². The van der Waals surface area contributed by atoms with Crippen LogP contribution < -0.4 is 14.4 Å². The van der Waals surface area contributed by atoms with Gasteiger partial charge in [0.1, 0.15) is 18.3 Å². The van der Waals surface area contributed by atoms with Crippen LogP contribution in [0.1, 0.15) is 37.5 Å². The lowest BCUT2D eigenvalue weighted by Crippen LogP contribution is -2.56. The summed E-state index contributed by atoms with van der Waals surface area (Å²) in [5.74, 6) is -0.568. The van der Waals surface area contributed by atoms with Gasteiger partial charge in [-0.15, -0.1) is 0 Å². The van der Waals surface area contributed by atoms with Gasteiger partial charge in [-0.1, -0.05) is 84.9 Å². The van der Waals surface area contributed by atoms with E-state index in [0.29, 0.717) is 5.75 Å². The van der Waals surface area contributed by atoms with E-state index in [-0.39, 0.29) is 29.5 Å². The van der Waals surface area contributed by atoms with E-state index in [0.717, 1.165) is 21.0 Å². The number of benzene rings is 4. The van der Waals surface area contributed by atoms with Crippen molar-refractivity contribution in [1.29, 1.82) is 0 Å². The number of nitrogens with one attached hydrogen (secondary N) is 1. The van der Waals surface area contributed by atoms with Crippen molar-refractivity contribution in [3.05, 3.63) is 126 Å². The fraction of sp³-hybridized carbons (Fsp3) is 0.278. The number of rotatable bonds is 12. The molecule has 9 heteroatoms. The summed E-state index contributed by atoms with van der Waals surface area (Å²) in [7, 11) is -2.78. The monoisotopic (exact) mass is 627 g/mol. The first kappa shape index (κ1) is 33.3. The Morgan fingerprint density at radius 3 is 1.93 bits per heavy atom. The molecule has 45 heavy (non-hydrogen) atoms. The summed E-state index contributed by atoms with van der Waals surface area (Å²) < 4.78 is 35.1. The Labute approximate surface area is 266 Å². The van der Waals surface area contributed by atoms with Gasteiger partial charge >= 0.3 is 0 Å². The quantitative estimate of drug-likeness (QED) is 0.216. The second kappa shape index (κ2) is 14.4. The van der Waals surface area contributed by atoms with Crippen LogP contribution in [0.25, 0.3) is 0 Å². The predicted molar refractivity (Wildman–Crippen MR) is 178 cm³/mol. The summed E-state index contributed by atoms with van der Waals surface area (Å²) in [6.07, 6.45) is 0.237. The standard InChI is InChI=1S/C36H41N3O5S/c1-27-21-22-33(44-5)31(23-27)39(45(42,43)30-19-13-8-14-20-30)26-34(40)38(25-29-17-11-7-12-18-29)32(35(41)37-36(2,3)4)24-28-15-9-6-10-16-28/h6-23,32H,24-26H2,1-5H3,(H,37,41). The Hall–Kier alpha value is -4.63. The molecule has 0 saturated heterocycles. The molecule has 0 radical (unpaired) electrons. The van der Waals surface area contributed by atoms with Gasteiger partial charge in [-0.25, -0.2) is 8.42 Å². The van der Waals surface area contributed by atoms with Crippen LogP contribution >= 0.6 is 0 Å². The topological polar surface area (TPSA) is 96.0 Å². The van der Waals surface area contributed by atoms with Gasteiger partial charge in [-0.3, -0.25) is 13.9 Å². The van der Waals surface area contributed by atoms with E-state index in [2.05, 4.69) is 5.32 Å². The van der Waals surface area contributed by atoms with Crippen molar-refractivity contribution in [3.8, 4) is 5.75 Å². The van der Waals surface area contributed by atoms with Crippen molar-refractivity contribution in [2.45, 2.75) is 57.1 Å². The lowest BCUT2D eigenvalue weighted by Gasteiger charge is -2.35. The highest BCUT2D eigenvalue weighted by Gasteiger charge is 2.36. The van der Waals surface area contributed by atoms with Crippen LogP contribution in [0.4, 0.5) is 5.69 Å². The third kappa shape index (κ3) is 8.73. The molecule has 0 aromatic heterocycles. The molecule has 2 amide bonds. The molecule has 0 bridgehead atoms. The molecular weight excluding hydrogens is 586 g/mol. The van der Waals surface area contributed by atoms with Crippen LogP contribution in [0.2, 0.25) is 0 Å². The molecule has 236 valence electrons. The predicted octanol–water partition coefficient (Wildman–Crippen LogP) is 5.75. The molecule has 0 aliphatic rings. The summed E-state index contributed by atoms with van der Waals surface area (Å²) in [4.78, 5) is 30.1. The number of anilines is 1. The first-order valence-electron chi connectivity index (χ1n) is 14.8. The van der Waals surface area contributed by atoms with Gasteiger partial charge in [-0.05, 0) is 68.7 Å². The Balaban J connectivity index is 1.85. The molecule has 0 heterocycles. The van der Waals surface area contributed by atoms with Crippen molar-refractivity contribution in [2.24, 2.45) is 0 Å². The van der Waals surface area contributed by atoms with Crippen LogP contribution in [0.15, 0.2) is 114 Å². The minimum atomic E-state index is -4.23. The zero-order chi connectivity index (χ0) is 32.6. The largest absolute Gasteiger partial charge is 0.495 e. The van der Waals surface area contributed by atoms with E-state index in [4.69, 9.17) is 4.74 Å². The van der Waals surface area contributed by atoms with E-state index in [1.807, 2.05) is 94.4 Å². The van der Waals surface area contributed by atoms with Crippen molar-refractivity contribution in [1.82, 2.24) is 10.2 Å². The Morgan fingerprint density at radius 2 is 1.38 bits per heavy atom. The number of hydrogen-bond acceptors (Lipinski definition) is 5. The lowest BCUT2D eigenvalue weighted by atomic mass is 10.0. The van der Waals surface area contributed by atoms with Gasteiger partial charge in [-0.2, -0.15) is 0 Å². The van der Waals surface area contributed by atoms with E-state index in [9.17, 15) is 18.0 Å². The molecule has 1 unspecified atom stereocenters. The van der Waals surface area contributed by atoms with Crippen molar-refractivity contribution in [3.63, 3.8) is 0 Å². The maximum Gasteiger partial charge on any atom is 0.264 e. The molecule has 0 spiro atoms. The lowest BCUT2D eigenvalue weighted by molar-refractivity contribution is -0.140. The fourth-order valence-corrected chi connectivity index (χ4v) is 6.45. The van der Waals surface area contributed by atoms with E-state index >= 15 is 0 Å². The number of nitrogens with zero attached hydrogens (tertiary/aromatic N) is 2. The zero-order valence-corrected chi connectivity index (χ0v) is 27.3. The second-order valence-corrected chi connectivity index (χ2v) is 13.8. The Bertz CT molecular complexity index is 1690. The molecule has 4 aromatic carbocycles. The smallest absolute Gasteiger partial charge is 0.264 e. The van der Waals surface area contributed by atoms with Gasteiger partial charge in [0.15, 0.2) is 0 Å². The number of ether oxygens (including phenoxy) is 1. The van der Waals surface area contributed by atoms with Crippen molar-refractivity contribution in [2.75, 3.05) is 18.0 Å². The second-order valence-electron chi connectivity index (χ2n) is 12.0. The maximum absolute atomic E-state index is 14.6. The van der Waals surface area contributed by atoms with Crippen LogP contribution in [0.5, 0.6) is 5.75 Å². The number of carbonyl (C=O) groups is 2. The molecule has 4 rings (SSSR count). The molecule has 1 N–H and O–H groups in total. The van der Waals surface area contributed by atoms with Gasteiger partial charge in [0, 0.05) is 18.5 Å². The number of amides is 2. The van der Waals surface area contributed by atoms with Gasteiger partial charge in [0.2, 0.25) is 11.8 Å². The summed E-state index contributed by atoms with van der Waals surface area (Å²) >= 11 is 0. The van der Waals surface area contributed by atoms with Crippen LogP contribution in [0, 0.1) is 6.92 Å². The highest BCUT2D eigenvalue weighted by molar-refractivity contribution is 7.92. The maximum atomic E-state index is 14.6. The van der Waals surface area contributed by atoms with Gasteiger partial charge < -0.3 is 15.0 Å². The molecule has 0 aliphatic heterocycles. The third-order valence-corrected chi connectivity index (χ3v) is 8.95. The number of sulfonamides is 1. The van der Waals surface area contributed by atoms with E-state index in [1.165, 1.54) is 24.1 Å². The summed E-state index contributed by atoms with van der Waals surface area (Å²) in [6.45, 7) is 7.02. The summed E-state index contributed by atoms with van der Waals surface area (Å²) in [5.41, 5.74) is 2.13.